The van der Waals surface area contributed by atoms with Gasteiger partial charge in [0.05, 0.1) is 19.3 Å². The van der Waals surface area contributed by atoms with Crippen LogP contribution in [0.5, 0.6) is 0 Å². The summed E-state index contributed by atoms with van der Waals surface area (Å²) in [6.45, 7) is 1.46. The largest absolute Gasteiger partial charge is 0.370 e. The van der Waals surface area contributed by atoms with E-state index in [1.54, 1.807) is 53.4 Å². The van der Waals surface area contributed by atoms with Gasteiger partial charge < -0.3 is 25.0 Å². The van der Waals surface area contributed by atoms with Gasteiger partial charge in [-0.1, -0.05) is 11.6 Å². The number of halogens is 1. The first kappa shape index (κ1) is 22.1. The molecule has 2 N–H and O–H groups in total. The fraction of sp³-hybridized carbons (Fsp3) is 0.318. The number of amides is 4. The molecule has 2 aromatic rings. The van der Waals surface area contributed by atoms with E-state index in [-0.39, 0.29) is 50.3 Å². The van der Waals surface area contributed by atoms with Crippen LogP contribution in [0.15, 0.2) is 48.5 Å². The average molecular weight is 459 g/mol. The second-order valence-corrected chi connectivity index (χ2v) is 7.89. The number of benzene rings is 2. The summed E-state index contributed by atoms with van der Waals surface area (Å²) >= 11 is 5.87. The van der Waals surface area contributed by atoms with E-state index in [0.29, 0.717) is 29.5 Å². The molecule has 2 aliphatic heterocycles. The Kier molecular flexibility index (Phi) is 6.89. The quantitative estimate of drug-likeness (QED) is 0.717. The zero-order valence-corrected chi connectivity index (χ0v) is 18.0. The van der Waals surface area contributed by atoms with E-state index in [0.717, 1.165) is 5.69 Å². The maximum Gasteiger partial charge on any atom is 0.324 e. The Balaban J connectivity index is 1.31. The van der Waals surface area contributed by atoms with Gasteiger partial charge in [-0.15, -0.1) is 0 Å². The van der Waals surface area contributed by atoms with Crippen LogP contribution in [-0.4, -0.2) is 61.9 Å². The number of rotatable bonds is 5. The van der Waals surface area contributed by atoms with Crippen LogP contribution in [0.3, 0.4) is 0 Å². The Labute approximate surface area is 190 Å². The summed E-state index contributed by atoms with van der Waals surface area (Å²) in [5.74, 6) is -0.328. The minimum Gasteiger partial charge on any atom is -0.370 e. The molecular formula is C22H23ClN4O5. The molecule has 9 nitrogen and oxygen atoms in total. The summed E-state index contributed by atoms with van der Waals surface area (Å²) in [6.07, 6.45) is 0.0950. The number of hydrogen-bond acceptors (Lipinski definition) is 5. The summed E-state index contributed by atoms with van der Waals surface area (Å²) < 4.78 is 10.5. The van der Waals surface area contributed by atoms with Gasteiger partial charge in [-0.3, -0.25) is 14.5 Å². The van der Waals surface area contributed by atoms with E-state index in [2.05, 4.69) is 10.6 Å². The van der Waals surface area contributed by atoms with Crippen LogP contribution in [-0.2, 0) is 19.1 Å². The maximum absolute atomic E-state index is 12.6. The van der Waals surface area contributed by atoms with Crippen molar-refractivity contribution in [1.29, 1.82) is 0 Å². The number of anilines is 3. The van der Waals surface area contributed by atoms with E-state index in [1.807, 2.05) is 0 Å². The predicted octanol–water partition coefficient (Wildman–Crippen LogP) is 2.92. The van der Waals surface area contributed by atoms with Gasteiger partial charge in [0.25, 0.3) is 5.91 Å². The topological polar surface area (TPSA) is 100 Å². The standard InChI is InChI=1S/C22H23ClN4O5/c23-15-1-3-17(4-2-15)25-22(30)27-14-32-12-19(27)11-20(28)24-16-5-7-18(8-6-16)26-9-10-31-13-21(26)29/h1-8,19H,9-14H2,(H,24,28)(H,25,30). The molecule has 2 saturated heterocycles. The lowest BCUT2D eigenvalue weighted by Crippen LogP contribution is -2.41. The number of hydrogen-bond donors (Lipinski definition) is 2. The smallest absolute Gasteiger partial charge is 0.324 e. The molecule has 0 aromatic heterocycles. The molecule has 0 bridgehead atoms. The van der Waals surface area contributed by atoms with Crippen molar-refractivity contribution in [3.8, 4) is 0 Å². The van der Waals surface area contributed by atoms with Gasteiger partial charge in [0.1, 0.15) is 13.3 Å². The minimum atomic E-state index is -0.382. The molecule has 0 spiro atoms. The van der Waals surface area contributed by atoms with Crippen LogP contribution >= 0.6 is 11.6 Å². The van der Waals surface area contributed by atoms with Crippen LogP contribution in [0.25, 0.3) is 0 Å². The first-order chi connectivity index (χ1) is 15.5. The van der Waals surface area contributed by atoms with E-state index in [1.165, 1.54) is 4.90 Å². The minimum absolute atomic E-state index is 0.0735. The molecule has 32 heavy (non-hydrogen) atoms. The highest BCUT2D eigenvalue weighted by Gasteiger charge is 2.31. The lowest BCUT2D eigenvalue weighted by Gasteiger charge is -2.27. The molecule has 2 aromatic carbocycles. The lowest BCUT2D eigenvalue weighted by molar-refractivity contribution is -0.125. The molecule has 1 atom stereocenters. The zero-order valence-electron chi connectivity index (χ0n) is 17.3. The molecule has 4 amide bonds. The monoisotopic (exact) mass is 458 g/mol. The number of carbonyl (C=O) groups is 3. The first-order valence-corrected chi connectivity index (χ1v) is 10.6. The third-order valence-corrected chi connectivity index (χ3v) is 5.46. The molecule has 4 rings (SSSR count). The van der Waals surface area contributed by atoms with Crippen LogP contribution < -0.4 is 15.5 Å². The molecule has 1 unspecified atom stereocenters. The summed E-state index contributed by atoms with van der Waals surface area (Å²) in [5.41, 5.74) is 1.97. The van der Waals surface area contributed by atoms with Gasteiger partial charge >= 0.3 is 6.03 Å². The normalized spacial score (nSPS) is 18.5. The third kappa shape index (κ3) is 5.37. The van der Waals surface area contributed by atoms with Crippen molar-refractivity contribution in [2.75, 3.05) is 48.6 Å². The van der Waals surface area contributed by atoms with Crippen LogP contribution in [0.2, 0.25) is 5.02 Å². The van der Waals surface area contributed by atoms with Crippen molar-refractivity contribution >= 4 is 46.5 Å². The number of ether oxygens (including phenoxy) is 2. The molecule has 0 saturated carbocycles. The lowest BCUT2D eigenvalue weighted by atomic mass is 10.2. The van der Waals surface area contributed by atoms with Crippen LogP contribution in [0.4, 0.5) is 21.9 Å². The molecule has 2 aliphatic rings. The van der Waals surface area contributed by atoms with E-state index in [9.17, 15) is 14.4 Å². The second kappa shape index (κ2) is 9.99. The highest BCUT2D eigenvalue weighted by molar-refractivity contribution is 6.30. The number of nitrogens with zero attached hydrogens (tertiary/aromatic N) is 2. The average Bonchev–Trinajstić information content (AvgIpc) is 3.24. The second-order valence-electron chi connectivity index (χ2n) is 7.46. The van der Waals surface area contributed by atoms with Crippen molar-refractivity contribution in [3.05, 3.63) is 53.6 Å². The Hall–Kier alpha value is -3.14. The molecule has 0 radical (unpaired) electrons. The van der Waals surface area contributed by atoms with Gasteiger partial charge in [-0.25, -0.2) is 4.79 Å². The van der Waals surface area contributed by atoms with Crippen LogP contribution in [0, 0.1) is 0 Å². The Bertz CT molecular complexity index is 983. The van der Waals surface area contributed by atoms with Gasteiger partial charge in [0.2, 0.25) is 5.91 Å². The Morgan fingerprint density at radius 3 is 2.41 bits per heavy atom. The summed E-state index contributed by atoms with van der Waals surface area (Å²) in [7, 11) is 0. The van der Waals surface area contributed by atoms with Gasteiger partial charge in [-0.2, -0.15) is 0 Å². The number of urea groups is 1. The maximum atomic E-state index is 12.6. The number of morpholine rings is 1. The van der Waals surface area contributed by atoms with E-state index < -0.39 is 0 Å². The highest BCUT2D eigenvalue weighted by atomic mass is 35.5. The first-order valence-electron chi connectivity index (χ1n) is 10.2. The SMILES string of the molecule is O=C(CC1COCN1C(=O)Nc1ccc(Cl)cc1)Nc1ccc(N2CCOCC2=O)cc1. The fourth-order valence-electron chi connectivity index (χ4n) is 3.55. The van der Waals surface area contributed by atoms with Crippen molar-refractivity contribution < 1.29 is 23.9 Å². The van der Waals surface area contributed by atoms with Crippen molar-refractivity contribution in [2.45, 2.75) is 12.5 Å². The molecular weight excluding hydrogens is 436 g/mol. The zero-order chi connectivity index (χ0) is 22.5. The third-order valence-electron chi connectivity index (χ3n) is 5.21. The number of carbonyl (C=O) groups excluding carboxylic acids is 3. The summed E-state index contributed by atoms with van der Waals surface area (Å²) in [6, 6.07) is 13.1. The van der Waals surface area contributed by atoms with Gasteiger partial charge in [0.15, 0.2) is 0 Å². The van der Waals surface area contributed by atoms with E-state index >= 15 is 0 Å². The molecule has 2 heterocycles. The molecule has 168 valence electrons. The summed E-state index contributed by atoms with van der Waals surface area (Å²) in [4.78, 5) is 40.2. The highest BCUT2D eigenvalue weighted by Crippen LogP contribution is 2.21. The summed E-state index contributed by atoms with van der Waals surface area (Å²) in [5, 5.41) is 6.19. The molecule has 2 fully saturated rings. The van der Waals surface area contributed by atoms with Gasteiger partial charge in [-0.05, 0) is 48.5 Å². The molecule has 0 aliphatic carbocycles. The number of nitrogens with one attached hydrogen (secondary N) is 2. The van der Waals surface area contributed by atoms with Gasteiger partial charge in [0, 0.05) is 35.1 Å². The Morgan fingerprint density at radius 1 is 1.00 bits per heavy atom. The Morgan fingerprint density at radius 2 is 1.69 bits per heavy atom. The van der Waals surface area contributed by atoms with Crippen molar-refractivity contribution in [3.63, 3.8) is 0 Å². The van der Waals surface area contributed by atoms with Crippen LogP contribution in [0.1, 0.15) is 6.42 Å². The van der Waals surface area contributed by atoms with Crippen molar-refractivity contribution in [1.82, 2.24) is 4.90 Å². The van der Waals surface area contributed by atoms with Crippen molar-refractivity contribution in [2.24, 2.45) is 0 Å². The van der Waals surface area contributed by atoms with E-state index in [4.69, 9.17) is 21.1 Å². The molecule has 10 heteroatoms. The fourth-order valence-corrected chi connectivity index (χ4v) is 3.67. The predicted molar refractivity (Wildman–Crippen MR) is 120 cm³/mol.